The molecule has 1 atom stereocenters. The Morgan fingerprint density at radius 1 is 1.26 bits per heavy atom. The highest BCUT2D eigenvalue weighted by molar-refractivity contribution is 5.78. The first-order chi connectivity index (χ1) is 9.26. The van der Waals surface area contributed by atoms with Gasteiger partial charge in [-0.2, -0.15) is 0 Å². The van der Waals surface area contributed by atoms with E-state index in [0.29, 0.717) is 38.6 Å². The van der Waals surface area contributed by atoms with Crippen LogP contribution in [0.4, 0.5) is 0 Å². The van der Waals surface area contributed by atoms with Crippen LogP contribution in [0.25, 0.3) is 0 Å². The second kappa shape index (κ2) is 5.09. The Hall–Kier alpha value is -1.75. The highest BCUT2D eigenvalue weighted by Gasteiger charge is 2.28. The van der Waals surface area contributed by atoms with E-state index in [-0.39, 0.29) is 5.91 Å². The zero-order valence-corrected chi connectivity index (χ0v) is 10.8. The Morgan fingerprint density at radius 2 is 2.05 bits per heavy atom. The molecular formula is C14H18N2O3. The largest absolute Gasteiger partial charge is 0.486 e. The number of hydrogen-bond acceptors (Lipinski definition) is 4. The van der Waals surface area contributed by atoms with Crippen molar-refractivity contribution in [1.29, 1.82) is 0 Å². The van der Waals surface area contributed by atoms with E-state index in [4.69, 9.17) is 15.2 Å². The van der Waals surface area contributed by atoms with Crippen LogP contribution >= 0.6 is 0 Å². The standard InChI is InChI=1S/C14H18N2O3/c15-7-11-6-14(17)16(9-11)8-10-1-2-12-13(5-10)19-4-3-18-12/h1-2,5,11H,3-4,6-9,15H2. The summed E-state index contributed by atoms with van der Waals surface area (Å²) in [6.07, 6.45) is 0.570. The Balaban J connectivity index is 1.71. The van der Waals surface area contributed by atoms with E-state index in [1.54, 1.807) is 0 Å². The molecule has 1 saturated heterocycles. The van der Waals surface area contributed by atoms with E-state index in [9.17, 15) is 4.79 Å². The predicted molar refractivity (Wildman–Crippen MR) is 70.0 cm³/mol. The summed E-state index contributed by atoms with van der Waals surface area (Å²) in [5, 5.41) is 0. The maximum absolute atomic E-state index is 11.9. The molecule has 0 spiro atoms. The molecule has 0 aliphatic carbocycles. The van der Waals surface area contributed by atoms with Gasteiger partial charge in [-0.1, -0.05) is 6.07 Å². The van der Waals surface area contributed by atoms with Gasteiger partial charge in [0.2, 0.25) is 5.91 Å². The Kier molecular flexibility index (Phi) is 3.29. The first-order valence-electron chi connectivity index (χ1n) is 6.62. The first kappa shape index (κ1) is 12.3. The highest BCUT2D eigenvalue weighted by Crippen LogP contribution is 2.31. The van der Waals surface area contributed by atoms with Gasteiger partial charge in [0.15, 0.2) is 11.5 Å². The van der Waals surface area contributed by atoms with Gasteiger partial charge in [0.05, 0.1) is 0 Å². The lowest BCUT2D eigenvalue weighted by molar-refractivity contribution is -0.128. The predicted octanol–water partition coefficient (Wildman–Crippen LogP) is 0.765. The van der Waals surface area contributed by atoms with Crippen molar-refractivity contribution < 1.29 is 14.3 Å². The maximum Gasteiger partial charge on any atom is 0.223 e. The van der Waals surface area contributed by atoms with Gasteiger partial charge in [-0.05, 0) is 30.2 Å². The van der Waals surface area contributed by atoms with E-state index in [0.717, 1.165) is 23.6 Å². The van der Waals surface area contributed by atoms with Crippen LogP contribution < -0.4 is 15.2 Å². The maximum atomic E-state index is 11.9. The van der Waals surface area contributed by atoms with Crippen LogP contribution in [0.2, 0.25) is 0 Å². The van der Waals surface area contributed by atoms with Crippen LogP contribution in [-0.2, 0) is 11.3 Å². The van der Waals surface area contributed by atoms with E-state index in [2.05, 4.69) is 0 Å². The molecule has 102 valence electrons. The number of nitrogens with zero attached hydrogens (tertiary/aromatic N) is 1. The molecule has 0 aromatic heterocycles. The molecule has 0 saturated carbocycles. The lowest BCUT2D eigenvalue weighted by Crippen LogP contribution is -2.25. The number of rotatable bonds is 3. The molecule has 3 rings (SSSR count). The molecule has 1 aromatic rings. The molecular weight excluding hydrogens is 244 g/mol. The lowest BCUT2D eigenvalue weighted by atomic mass is 10.1. The average molecular weight is 262 g/mol. The van der Waals surface area contributed by atoms with Crippen molar-refractivity contribution in [2.24, 2.45) is 11.7 Å². The SMILES string of the molecule is NCC1CC(=O)N(Cc2ccc3c(c2)OCCO3)C1. The minimum absolute atomic E-state index is 0.185. The average Bonchev–Trinajstić information content (AvgIpc) is 2.79. The van der Waals surface area contributed by atoms with E-state index in [1.807, 2.05) is 23.1 Å². The Bertz CT molecular complexity index is 490. The van der Waals surface area contributed by atoms with Crippen molar-refractivity contribution in [2.75, 3.05) is 26.3 Å². The van der Waals surface area contributed by atoms with Gasteiger partial charge in [0, 0.05) is 19.5 Å². The van der Waals surface area contributed by atoms with Crippen molar-refractivity contribution in [3.05, 3.63) is 23.8 Å². The fourth-order valence-corrected chi connectivity index (χ4v) is 2.57. The van der Waals surface area contributed by atoms with E-state index >= 15 is 0 Å². The molecule has 2 heterocycles. The number of ether oxygens (including phenoxy) is 2. The summed E-state index contributed by atoms with van der Waals surface area (Å²) in [6, 6.07) is 5.85. The van der Waals surface area contributed by atoms with Gasteiger partial charge in [-0.3, -0.25) is 4.79 Å². The summed E-state index contributed by atoms with van der Waals surface area (Å²) in [6.45, 7) is 3.11. The number of amides is 1. The minimum Gasteiger partial charge on any atom is -0.486 e. The molecule has 1 amide bonds. The second-order valence-electron chi connectivity index (χ2n) is 5.06. The van der Waals surface area contributed by atoms with Gasteiger partial charge < -0.3 is 20.1 Å². The monoisotopic (exact) mass is 262 g/mol. The van der Waals surface area contributed by atoms with Crippen molar-refractivity contribution in [1.82, 2.24) is 4.90 Å². The van der Waals surface area contributed by atoms with E-state index < -0.39 is 0 Å². The minimum atomic E-state index is 0.185. The molecule has 1 unspecified atom stereocenters. The smallest absolute Gasteiger partial charge is 0.223 e. The number of hydrogen-bond donors (Lipinski definition) is 1. The van der Waals surface area contributed by atoms with Crippen molar-refractivity contribution >= 4 is 5.91 Å². The molecule has 0 bridgehead atoms. The van der Waals surface area contributed by atoms with Crippen molar-refractivity contribution in [3.63, 3.8) is 0 Å². The number of carbonyl (C=O) groups excluding carboxylic acids is 1. The summed E-state index contributed by atoms with van der Waals surface area (Å²) in [4.78, 5) is 13.7. The topological polar surface area (TPSA) is 64.8 Å². The van der Waals surface area contributed by atoms with Crippen molar-refractivity contribution in [2.45, 2.75) is 13.0 Å². The first-order valence-corrected chi connectivity index (χ1v) is 6.62. The Morgan fingerprint density at radius 3 is 2.79 bits per heavy atom. The molecule has 2 aliphatic heterocycles. The zero-order valence-electron chi connectivity index (χ0n) is 10.8. The molecule has 0 radical (unpaired) electrons. The molecule has 1 fully saturated rings. The highest BCUT2D eigenvalue weighted by atomic mass is 16.6. The van der Waals surface area contributed by atoms with Gasteiger partial charge in [0.25, 0.3) is 0 Å². The fraction of sp³-hybridized carbons (Fsp3) is 0.500. The normalized spacial score (nSPS) is 21.8. The molecule has 2 aliphatic rings. The summed E-state index contributed by atoms with van der Waals surface area (Å²) >= 11 is 0. The summed E-state index contributed by atoms with van der Waals surface area (Å²) in [7, 11) is 0. The molecule has 5 nitrogen and oxygen atoms in total. The number of likely N-dealkylation sites (tertiary alicyclic amines) is 1. The Labute approximate surface area is 112 Å². The van der Waals surface area contributed by atoms with Crippen LogP contribution in [0.1, 0.15) is 12.0 Å². The molecule has 2 N–H and O–H groups in total. The fourth-order valence-electron chi connectivity index (χ4n) is 2.57. The quantitative estimate of drug-likeness (QED) is 0.873. The number of fused-ring (bicyclic) bond motifs is 1. The summed E-state index contributed by atoms with van der Waals surface area (Å²) in [5.41, 5.74) is 6.69. The number of benzene rings is 1. The third-order valence-electron chi connectivity index (χ3n) is 3.61. The van der Waals surface area contributed by atoms with Crippen LogP contribution in [0, 0.1) is 5.92 Å². The third kappa shape index (κ3) is 2.51. The number of carbonyl (C=O) groups is 1. The van der Waals surface area contributed by atoms with Crippen LogP contribution in [0.5, 0.6) is 11.5 Å². The van der Waals surface area contributed by atoms with Crippen LogP contribution in [-0.4, -0.2) is 37.1 Å². The second-order valence-corrected chi connectivity index (χ2v) is 5.06. The van der Waals surface area contributed by atoms with Crippen LogP contribution in [0.15, 0.2) is 18.2 Å². The lowest BCUT2D eigenvalue weighted by Gasteiger charge is -2.21. The summed E-state index contributed by atoms with van der Waals surface area (Å²) < 4.78 is 11.0. The van der Waals surface area contributed by atoms with Gasteiger partial charge in [0.1, 0.15) is 13.2 Å². The van der Waals surface area contributed by atoms with Gasteiger partial charge in [-0.25, -0.2) is 0 Å². The van der Waals surface area contributed by atoms with Crippen LogP contribution in [0.3, 0.4) is 0 Å². The number of nitrogens with two attached hydrogens (primary N) is 1. The van der Waals surface area contributed by atoms with Gasteiger partial charge in [-0.15, -0.1) is 0 Å². The van der Waals surface area contributed by atoms with E-state index in [1.165, 1.54) is 0 Å². The summed E-state index contributed by atoms with van der Waals surface area (Å²) in [5.74, 6) is 2.03. The molecule has 19 heavy (non-hydrogen) atoms. The molecule has 5 heteroatoms. The van der Waals surface area contributed by atoms with Gasteiger partial charge >= 0.3 is 0 Å². The molecule has 1 aromatic carbocycles. The third-order valence-corrected chi connectivity index (χ3v) is 3.61. The zero-order chi connectivity index (χ0) is 13.2. The van der Waals surface area contributed by atoms with Crippen molar-refractivity contribution in [3.8, 4) is 11.5 Å².